The van der Waals surface area contributed by atoms with E-state index in [4.69, 9.17) is 23.8 Å². The molecule has 0 aromatic rings. The molecule has 5 atom stereocenters. The van der Waals surface area contributed by atoms with Crippen molar-refractivity contribution in [2.75, 3.05) is 19.6 Å². The zero-order valence-electron chi connectivity index (χ0n) is 14.6. The number of amides is 1. The zero-order chi connectivity index (χ0) is 20.6. The first-order chi connectivity index (χ1) is 12.3. The first-order valence-electron chi connectivity index (χ1n) is 7.69. The maximum atomic E-state index is 11.7. The van der Waals surface area contributed by atoms with Crippen molar-refractivity contribution >= 4 is 21.1 Å². The number of aliphatic hydroxyl groups is 1. The summed E-state index contributed by atoms with van der Waals surface area (Å²) in [6.07, 6.45) is -2.81. The Kier molecular flexibility index (Phi) is 6.68. The lowest BCUT2D eigenvalue weighted by atomic mass is 10.1. The molecule has 2 heterocycles. The van der Waals surface area contributed by atoms with Gasteiger partial charge in [-0.25, -0.2) is 0 Å². The van der Waals surface area contributed by atoms with E-state index in [0.29, 0.717) is 5.57 Å². The van der Waals surface area contributed by atoms with E-state index < -0.39 is 52.2 Å². The molecule has 1 saturated heterocycles. The Morgan fingerprint density at radius 2 is 2.00 bits per heavy atom. The van der Waals surface area contributed by atoms with E-state index in [1.54, 1.807) is 6.92 Å². The third-order valence-electron chi connectivity index (χ3n) is 3.92. The number of ether oxygens (including phenoxy) is 2. The number of nitrogens with zero attached hydrogens (tertiary/aromatic N) is 1. The molecule has 12 nitrogen and oxygen atoms in total. The molecule has 0 aromatic heterocycles. The molecule has 1 amide bonds. The van der Waals surface area contributed by atoms with E-state index in [9.17, 15) is 23.9 Å². The van der Waals surface area contributed by atoms with Crippen molar-refractivity contribution in [2.24, 2.45) is 0 Å². The van der Waals surface area contributed by atoms with Crippen LogP contribution in [0.2, 0.25) is 0 Å². The first kappa shape index (κ1) is 22.2. The van der Waals surface area contributed by atoms with E-state index in [0.717, 1.165) is 0 Å². The highest BCUT2D eigenvalue weighted by atomic mass is 31.2. The summed E-state index contributed by atoms with van der Waals surface area (Å²) in [7, 11) is -8.05. The number of nitrogens with one attached hydrogen (secondary N) is 1. The molecule has 154 valence electrons. The molecule has 0 spiro atoms. The average molecular weight is 428 g/mol. The Morgan fingerprint density at radius 1 is 1.37 bits per heavy atom. The Morgan fingerprint density at radius 3 is 2.56 bits per heavy atom. The Labute approximate surface area is 155 Å². The second-order valence-electron chi connectivity index (χ2n) is 6.12. The topological polar surface area (TPSA) is 175 Å². The summed E-state index contributed by atoms with van der Waals surface area (Å²) in [6.45, 7) is 4.65. The zero-order valence-corrected chi connectivity index (χ0v) is 16.4. The number of carbonyl (C=O) groups is 1. The van der Waals surface area contributed by atoms with E-state index in [1.807, 2.05) is 0 Å². The second kappa shape index (κ2) is 8.12. The van der Waals surface area contributed by atoms with Crippen molar-refractivity contribution in [3.8, 4) is 0 Å². The molecule has 2 unspecified atom stereocenters. The van der Waals surface area contributed by atoms with Crippen molar-refractivity contribution in [1.82, 2.24) is 10.2 Å². The van der Waals surface area contributed by atoms with Crippen LogP contribution in [0.25, 0.3) is 0 Å². The van der Waals surface area contributed by atoms with Gasteiger partial charge >= 0.3 is 15.2 Å². The van der Waals surface area contributed by atoms with Gasteiger partial charge in [0.05, 0.1) is 6.61 Å². The molecular formula is C13H22N2O10P2. The van der Waals surface area contributed by atoms with E-state index in [1.165, 1.54) is 18.2 Å². The molecule has 0 bridgehead atoms. The summed E-state index contributed by atoms with van der Waals surface area (Å²) in [5.41, 5.74) is 0.358. The molecule has 27 heavy (non-hydrogen) atoms. The van der Waals surface area contributed by atoms with Gasteiger partial charge in [-0.3, -0.25) is 13.9 Å². The van der Waals surface area contributed by atoms with Crippen LogP contribution in [0.1, 0.15) is 6.92 Å². The van der Waals surface area contributed by atoms with Crippen molar-refractivity contribution < 1.29 is 47.7 Å². The quantitative estimate of drug-likeness (QED) is 0.322. The minimum Gasteiger partial charge on any atom is -0.387 e. The first-order valence-corrected chi connectivity index (χ1v) is 11.2. The molecule has 0 aliphatic carbocycles. The van der Waals surface area contributed by atoms with Crippen molar-refractivity contribution in [3.05, 3.63) is 24.2 Å². The minimum absolute atomic E-state index is 0.181. The van der Waals surface area contributed by atoms with Crippen LogP contribution in [-0.4, -0.2) is 74.8 Å². The van der Waals surface area contributed by atoms with E-state index >= 15 is 0 Å². The normalized spacial score (nSPS) is 31.5. The van der Waals surface area contributed by atoms with Gasteiger partial charge in [-0.2, -0.15) is 0 Å². The maximum Gasteiger partial charge on any atom is 0.340 e. The van der Waals surface area contributed by atoms with Crippen molar-refractivity contribution in [1.29, 1.82) is 0 Å². The second-order valence-corrected chi connectivity index (χ2v) is 10.1. The molecular weight excluding hydrogens is 406 g/mol. The lowest BCUT2D eigenvalue weighted by Gasteiger charge is -2.34. The van der Waals surface area contributed by atoms with E-state index in [-0.39, 0.29) is 11.7 Å². The van der Waals surface area contributed by atoms with Crippen LogP contribution >= 0.6 is 15.2 Å². The van der Waals surface area contributed by atoms with Crippen LogP contribution in [0, 0.1) is 0 Å². The number of aliphatic hydroxyl groups excluding tert-OH is 1. The fraction of sp³-hybridized carbons (Fsp3) is 0.615. The highest BCUT2D eigenvalue weighted by molar-refractivity contribution is 7.70. The smallest absolute Gasteiger partial charge is 0.340 e. The van der Waals surface area contributed by atoms with Crippen LogP contribution in [-0.2, 0) is 27.9 Å². The van der Waals surface area contributed by atoms with Gasteiger partial charge < -0.3 is 44.0 Å². The van der Waals surface area contributed by atoms with Crippen molar-refractivity contribution in [3.63, 3.8) is 0 Å². The molecule has 1 fully saturated rings. The predicted octanol–water partition coefficient (Wildman–Crippen LogP) is -0.769. The third-order valence-corrected chi connectivity index (χ3v) is 7.38. The molecule has 0 radical (unpaired) electrons. The lowest BCUT2D eigenvalue weighted by Crippen LogP contribution is -2.48. The summed E-state index contributed by atoms with van der Waals surface area (Å²) >= 11 is 0. The van der Waals surface area contributed by atoms with Gasteiger partial charge in [-0.1, -0.05) is 6.58 Å². The highest BCUT2D eigenvalue weighted by Gasteiger charge is 2.48. The van der Waals surface area contributed by atoms with E-state index in [2.05, 4.69) is 11.9 Å². The summed E-state index contributed by atoms with van der Waals surface area (Å²) in [5.74, 6) is -1.51. The molecule has 0 aromatic carbocycles. The third kappa shape index (κ3) is 5.47. The van der Waals surface area contributed by atoms with Gasteiger partial charge in [-0.05, 0) is 6.92 Å². The van der Waals surface area contributed by atoms with Gasteiger partial charge in [0.2, 0.25) is 0 Å². The number of carbonyl (C=O) groups excluding carboxylic acids is 1. The molecule has 0 saturated carbocycles. The average Bonchev–Trinajstić information content (AvgIpc) is 2.82. The monoisotopic (exact) mass is 428 g/mol. The summed E-state index contributed by atoms with van der Waals surface area (Å²) < 4.78 is 38.2. The van der Waals surface area contributed by atoms with Crippen LogP contribution in [0.4, 0.5) is 0 Å². The molecule has 14 heteroatoms. The van der Waals surface area contributed by atoms with Gasteiger partial charge in [0.25, 0.3) is 5.91 Å². The standard InChI is InChI=1S/C13H22N2O10P2/c1-7-4-15(8(2)14-12(7)17)13-11(23-3)10(16)9(25-13)5-24-27(21,22)6-26(18,19)20/h4,9-11,13,16H,2,5-6H2,1,3H3,(H,14,17)(H,21,22)(H2,18,19,20)/t9-,10+,11?,13-/m1/s1. The number of hydrogen-bond donors (Lipinski definition) is 5. The fourth-order valence-electron chi connectivity index (χ4n) is 2.66. The molecule has 2 rings (SSSR count). The minimum atomic E-state index is -4.77. The van der Waals surface area contributed by atoms with Gasteiger partial charge in [0.15, 0.2) is 12.1 Å². The maximum absolute atomic E-state index is 11.7. The molecule has 2 aliphatic heterocycles. The highest BCUT2D eigenvalue weighted by Crippen LogP contribution is 2.55. The van der Waals surface area contributed by atoms with Crippen molar-refractivity contribution in [2.45, 2.75) is 31.5 Å². The van der Waals surface area contributed by atoms with Gasteiger partial charge in [-0.15, -0.1) is 0 Å². The molecule has 2 aliphatic rings. The number of rotatable bonds is 7. The van der Waals surface area contributed by atoms with Gasteiger partial charge in [0, 0.05) is 18.9 Å². The summed E-state index contributed by atoms with van der Waals surface area (Å²) in [5, 5.41) is 12.9. The van der Waals surface area contributed by atoms with Crippen LogP contribution in [0.5, 0.6) is 0 Å². The summed E-state index contributed by atoms with van der Waals surface area (Å²) in [6, 6.07) is 0. The largest absolute Gasteiger partial charge is 0.387 e. The van der Waals surface area contributed by atoms with Crippen LogP contribution < -0.4 is 5.32 Å². The molecule has 5 N–H and O–H groups in total. The Hall–Kier alpha value is -1.07. The Balaban J connectivity index is 2.11. The SMILES string of the molecule is C=C1NC(=O)C(C)=CN1[C@@H]1O[C@H](COP(=O)(O)CP(=O)(O)O)[C@H](O)C1OC. The predicted molar refractivity (Wildman–Crippen MR) is 91.0 cm³/mol. The number of hydrogen-bond acceptors (Lipinski definition) is 8. The number of methoxy groups -OCH3 is 1. The summed E-state index contributed by atoms with van der Waals surface area (Å²) in [4.78, 5) is 40.2. The van der Waals surface area contributed by atoms with Crippen LogP contribution in [0.3, 0.4) is 0 Å². The Bertz CT molecular complexity index is 735. The van der Waals surface area contributed by atoms with Gasteiger partial charge in [0.1, 0.15) is 24.1 Å². The lowest BCUT2D eigenvalue weighted by molar-refractivity contribution is -0.120. The van der Waals surface area contributed by atoms with Crippen LogP contribution in [0.15, 0.2) is 24.2 Å². The fourth-order valence-corrected chi connectivity index (χ4v) is 5.23.